The number of carbonyl (C=O) groups excluding carboxylic acids is 1. The van der Waals surface area contributed by atoms with Crippen LogP contribution in [0.3, 0.4) is 0 Å². The first-order valence-corrected chi connectivity index (χ1v) is 15.0. The van der Waals surface area contributed by atoms with Crippen molar-refractivity contribution in [2.45, 2.75) is 140 Å². The number of aliphatic hydroxyl groups is 6. The van der Waals surface area contributed by atoms with Crippen molar-refractivity contribution in [2.24, 2.45) is 0 Å². The molecule has 0 aromatic heterocycles. The highest BCUT2D eigenvalue weighted by atomic mass is 16.8. The van der Waals surface area contributed by atoms with Crippen LogP contribution in [0.15, 0.2) is 48.6 Å². The van der Waals surface area contributed by atoms with Crippen LogP contribution in [0.4, 0.5) is 0 Å². The largest absolute Gasteiger partial charge is 0.453 e. The van der Waals surface area contributed by atoms with Gasteiger partial charge >= 0.3 is 5.97 Å². The van der Waals surface area contributed by atoms with E-state index in [0.29, 0.717) is 25.7 Å². The van der Waals surface area contributed by atoms with Crippen LogP contribution in [-0.2, 0) is 28.5 Å². The minimum atomic E-state index is -1.74. The summed E-state index contributed by atoms with van der Waals surface area (Å²) in [5.41, 5.74) is -0.699. The molecule has 44 heavy (non-hydrogen) atoms. The number of rotatable bonds is 15. The van der Waals surface area contributed by atoms with E-state index in [0.717, 1.165) is 5.57 Å². The van der Waals surface area contributed by atoms with Crippen LogP contribution in [0.1, 0.15) is 67.2 Å². The van der Waals surface area contributed by atoms with Gasteiger partial charge in [-0.25, -0.2) is 4.79 Å². The molecule has 6 N–H and O–H groups in total. The molecule has 2 saturated heterocycles. The summed E-state index contributed by atoms with van der Waals surface area (Å²) in [6, 6.07) is 0. The number of allylic oxidation sites excluding steroid dienone is 3. The van der Waals surface area contributed by atoms with Gasteiger partial charge in [-0.05, 0) is 67.2 Å². The second-order valence-corrected chi connectivity index (χ2v) is 12.3. The molecular formula is C32H52O12. The highest BCUT2D eigenvalue weighted by Crippen LogP contribution is 2.34. The van der Waals surface area contributed by atoms with E-state index >= 15 is 0 Å². The Hall–Kier alpha value is -1.97. The molecule has 0 aromatic carbocycles. The Morgan fingerprint density at radius 1 is 0.864 bits per heavy atom. The fraction of sp³-hybridized carbons (Fsp3) is 0.719. The Morgan fingerprint density at radius 3 is 2.05 bits per heavy atom. The van der Waals surface area contributed by atoms with E-state index < -0.39 is 85.2 Å². The van der Waals surface area contributed by atoms with E-state index in [1.807, 2.05) is 19.9 Å². The first-order valence-electron chi connectivity index (χ1n) is 15.0. The van der Waals surface area contributed by atoms with Crippen LogP contribution < -0.4 is 0 Å². The molecule has 0 radical (unpaired) electrons. The highest BCUT2D eigenvalue weighted by Gasteiger charge is 2.52. The van der Waals surface area contributed by atoms with Gasteiger partial charge in [0.2, 0.25) is 0 Å². The van der Waals surface area contributed by atoms with Crippen molar-refractivity contribution >= 4 is 5.97 Å². The number of carbonyl (C=O) groups is 1. The van der Waals surface area contributed by atoms with Crippen molar-refractivity contribution in [3.05, 3.63) is 48.6 Å². The standard InChI is InChI=1S/C32H52O12/c1-9-31(7,39)15-12-14-19(5)28(38)42-26-20(6)40-29(25(37)24(26)36)43-27-23(35)22(34)21(17-33)41-30(27)44-32(8,10-2)16-11-13-18(3)4/h9-10,13-14,20-27,29-30,33-37,39H,1-2,11-12,15-17H2,3-8H3. The summed E-state index contributed by atoms with van der Waals surface area (Å²) < 4.78 is 29.1. The Bertz CT molecular complexity index is 1020. The maximum absolute atomic E-state index is 12.7. The normalized spacial score (nSPS) is 35.6. The second kappa shape index (κ2) is 16.5. The molecule has 2 aliphatic heterocycles. The fourth-order valence-electron chi connectivity index (χ4n) is 4.84. The average Bonchev–Trinajstić information content (AvgIpc) is 2.96. The van der Waals surface area contributed by atoms with Gasteiger partial charge in [-0.3, -0.25) is 0 Å². The molecule has 0 spiro atoms. The summed E-state index contributed by atoms with van der Waals surface area (Å²) in [6.45, 7) is 17.2. The molecule has 0 bridgehead atoms. The summed E-state index contributed by atoms with van der Waals surface area (Å²) in [6.07, 6.45) is -5.84. The van der Waals surface area contributed by atoms with Crippen molar-refractivity contribution in [3.8, 4) is 0 Å². The lowest BCUT2D eigenvalue weighted by Crippen LogP contribution is -2.65. The second-order valence-electron chi connectivity index (χ2n) is 12.3. The number of aliphatic hydroxyl groups excluding tert-OH is 5. The third-order valence-electron chi connectivity index (χ3n) is 8.01. The van der Waals surface area contributed by atoms with E-state index in [1.54, 1.807) is 26.0 Å². The average molecular weight is 629 g/mol. The van der Waals surface area contributed by atoms with E-state index in [4.69, 9.17) is 23.7 Å². The van der Waals surface area contributed by atoms with E-state index in [1.165, 1.54) is 19.9 Å². The molecule has 12 nitrogen and oxygen atoms in total. The molecule has 2 heterocycles. The maximum atomic E-state index is 12.7. The van der Waals surface area contributed by atoms with Crippen molar-refractivity contribution in [1.82, 2.24) is 0 Å². The van der Waals surface area contributed by atoms with Crippen LogP contribution in [0.5, 0.6) is 0 Å². The molecular weight excluding hydrogens is 576 g/mol. The Morgan fingerprint density at radius 2 is 1.48 bits per heavy atom. The zero-order chi connectivity index (χ0) is 33.4. The van der Waals surface area contributed by atoms with Crippen molar-refractivity contribution in [2.75, 3.05) is 6.61 Å². The molecule has 0 amide bonds. The van der Waals surface area contributed by atoms with Crippen molar-refractivity contribution < 1.29 is 59.1 Å². The van der Waals surface area contributed by atoms with Crippen molar-refractivity contribution in [3.63, 3.8) is 0 Å². The SMILES string of the molecule is C=CC(C)(O)CCC=C(C)C(=O)OC1C(C)OC(OC2C(OC(C)(C=C)CCC=C(C)C)OC(CO)C(O)C2O)C(O)C1O. The van der Waals surface area contributed by atoms with Gasteiger partial charge in [0.05, 0.1) is 23.9 Å². The van der Waals surface area contributed by atoms with Gasteiger partial charge in [0.15, 0.2) is 18.7 Å². The van der Waals surface area contributed by atoms with E-state index in [-0.39, 0.29) is 5.57 Å². The molecule has 12 unspecified atom stereocenters. The monoisotopic (exact) mass is 628 g/mol. The van der Waals surface area contributed by atoms with Gasteiger partial charge < -0.3 is 54.3 Å². The molecule has 2 aliphatic rings. The van der Waals surface area contributed by atoms with Gasteiger partial charge in [0.1, 0.15) is 36.6 Å². The minimum absolute atomic E-state index is 0.238. The summed E-state index contributed by atoms with van der Waals surface area (Å²) >= 11 is 0. The Balaban J connectivity index is 2.17. The summed E-state index contributed by atoms with van der Waals surface area (Å²) in [7, 11) is 0. The maximum Gasteiger partial charge on any atom is 0.333 e. The predicted molar refractivity (Wildman–Crippen MR) is 161 cm³/mol. The van der Waals surface area contributed by atoms with Crippen LogP contribution in [-0.4, -0.2) is 116 Å². The molecule has 0 saturated carbocycles. The molecule has 12 atom stereocenters. The number of esters is 1. The summed E-state index contributed by atoms with van der Waals surface area (Å²) in [5, 5.41) is 63.1. The molecule has 0 aliphatic carbocycles. The molecule has 2 fully saturated rings. The Kier molecular flexibility index (Phi) is 14.4. The van der Waals surface area contributed by atoms with Crippen molar-refractivity contribution in [1.29, 1.82) is 0 Å². The zero-order valence-electron chi connectivity index (χ0n) is 26.7. The fourth-order valence-corrected chi connectivity index (χ4v) is 4.84. The molecule has 0 aromatic rings. The lowest BCUT2D eigenvalue weighted by molar-refractivity contribution is -0.373. The zero-order valence-corrected chi connectivity index (χ0v) is 26.7. The van der Waals surface area contributed by atoms with Gasteiger partial charge in [-0.2, -0.15) is 0 Å². The van der Waals surface area contributed by atoms with E-state index in [2.05, 4.69) is 13.2 Å². The van der Waals surface area contributed by atoms with Crippen LogP contribution >= 0.6 is 0 Å². The summed E-state index contributed by atoms with van der Waals surface area (Å²) in [4.78, 5) is 12.7. The van der Waals surface area contributed by atoms with E-state index in [9.17, 15) is 35.4 Å². The molecule has 2 rings (SSSR count). The van der Waals surface area contributed by atoms with Gasteiger partial charge in [-0.1, -0.05) is 29.9 Å². The van der Waals surface area contributed by atoms with Gasteiger partial charge in [0, 0.05) is 5.57 Å². The number of hydrogen-bond acceptors (Lipinski definition) is 12. The molecule has 12 heteroatoms. The number of ether oxygens (including phenoxy) is 5. The number of hydrogen-bond donors (Lipinski definition) is 6. The lowest BCUT2D eigenvalue weighted by atomic mass is 9.96. The minimum Gasteiger partial charge on any atom is -0.453 e. The first kappa shape index (κ1) is 38.2. The Labute approximate surface area is 260 Å². The third kappa shape index (κ3) is 10.3. The van der Waals surface area contributed by atoms with Crippen LogP contribution in [0, 0.1) is 0 Å². The predicted octanol–water partition coefficient (Wildman–Crippen LogP) is 1.56. The topological polar surface area (TPSA) is 185 Å². The van der Waals surface area contributed by atoms with Gasteiger partial charge in [0.25, 0.3) is 0 Å². The molecule has 252 valence electrons. The summed E-state index contributed by atoms with van der Waals surface area (Å²) in [5.74, 6) is -0.742. The third-order valence-corrected chi connectivity index (χ3v) is 8.01. The smallest absolute Gasteiger partial charge is 0.333 e. The quantitative estimate of drug-likeness (QED) is 0.0875. The van der Waals surface area contributed by atoms with Crippen LogP contribution in [0.25, 0.3) is 0 Å². The first-order chi connectivity index (χ1) is 20.5. The van der Waals surface area contributed by atoms with Gasteiger partial charge in [-0.15, -0.1) is 13.2 Å². The lowest BCUT2D eigenvalue weighted by Gasteiger charge is -2.47. The highest BCUT2D eigenvalue weighted by molar-refractivity contribution is 5.87. The van der Waals surface area contributed by atoms with Crippen LogP contribution in [0.2, 0.25) is 0 Å².